The van der Waals surface area contributed by atoms with E-state index in [0.29, 0.717) is 0 Å². The minimum atomic E-state index is -4.10. The number of hydrogen-bond donors (Lipinski definition) is 0. The first-order valence-corrected chi connectivity index (χ1v) is 7.73. The van der Waals surface area contributed by atoms with Crippen LogP contribution in [-0.4, -0.2) is 35.6 Å². The molecule has 3 rings (SSSR count). The van der Waals surface area contributed by atoms with Gasteiger partial charge in [0, 0.05) is 12.1 Å². The Morgan fingerprint density at radius 1 is 1.20 bits per heavy atom. The lowest BCUT2D eigenvalue weighted by atomic mass is 10.3. The molecule has 2 aliphatic rings. The molecule has 0 radical (unpaired) electrons. The quantitative estimate of drug-likeness (QED) is 0.470. The third-order valence-corrected chi connectivity index (χ3v) is 5.43. The fourth-order valence-corrected chi connectivity index (χ4v) is 4.04. The molecule has 1 heterocycles. The van der Waals surface area contributed by atoms with E-state index in [0.717, 1.165) is 43.5 Å². The SMILES string of the molecule is O=C(N1C2CCCC21)S(=O)(=O)c1ccc([N+](=O)[O-])cc1. The molecule has 1 saturated carbocycles. The van der Waals surface area contributed by atoms with Crippen molar-refractivity contribution in [2.45, 2.75) is 36.2 Å². The molecule has 2 fully saturated rings. The molecular weight excluding hydrogens is 284 g/mol. The zero-order valence-electron chi connectivity index (χ0n) is 10.4. The van der Waals surface area contributed by atoms with Gasteiger partial charge in [-0.2, -0.15) is 0 Å². The summed E-state index contributed by atoms with van der Waals surface area (Å²) in [6.07, 6.45) is 2.73. The Bertz CT molecular complexity index is 672. The molecule has 2 unspecified atom stereocenters. The van der Waals surface area contributed by atoms with E-state index in [4.69, 9.17) is 0 Å². The molecule has 106 valence electrons. The lowest BCUT2D eigenvalue weighted by molar-refractivity contribution is -0.384. The van der Waals surface area contributed by atoms with Gasteiger partial charge in [0.1, 0.15) is 0 Å². The number of carbonyl (C=O) groups excluding carboxylic acids is 1. The first-order valence-electron chi connectivity index (χ1n) is 6.25. The predicted octanol–water partition coefficient (Wildman–Crippen LogP) is 1.73. The Balaban J connectivity index is 1.84. The molecule has 8 heteroatoms. The van der Waals surface area contributed by atoms with Gasteiger partial charge in [0.25, 0.3) is 15.5 Å². The minimum Gasteiger partial charge on any atom is -0.319 e. The van der Waals surface area contributed by atoms with E-state index in [1.54, 1.807) is 0 Å². The van der Waals surface area contributed by atoms with Gasteiger partial charge in [-0.25, -0.2) is 8.42 Å². The standard InChI is InChI=1S/C12H12N2O5S/c15-12(13-10-2-1-3-11(10)13)20(18,19)9-6-4-8(5-7-9)14(16)17/h4-7,10-11H,1-3H2. The summed E-state index contributed by atoms with van der Waals surface area (Å²) in [7, 11) is -4.10. The zero-order chi connectivity index (χ0) is 14.5. The summed E-state index contributed by atoms with van der Waals surface area (Å²) < 4.78 is 24.3. The van der Waals surface area contributed by atoms with Crippen LogP contribution in [0.1, 0.15) is 19.3 Å². The van der Waals surface area contributed by atoms with Crippen molar-refractivity contribution < 1.29 is 18.1 Å². The average Bonchev–Trinajstić information content (AvgIpc) is 2.89. The van der Waals surface area contributed by atoms with Gasteiger partial charge in [0.15, 0.2) is 0 Å². The van der Waals surface area contributed by atoms with E-state index in [1.165, 1.54) is 4.90 Å². The fraction of sp³-hybridized carbons (Fsp3) is 0.417. The number of carbonyl (C=O) groups is 1. The maximum atomic E-state index is 12.2. The van der Waals surface area contributed by atoms with Crippen molar-refractivity contribution in [3.63, 3.8) is 0 Å². The van der Waals surface area contributed by atoms with Crippen LogP contribution in [0.4, 0.5) is 10.5 Å². The largest absolute Gasteiger partial charge is 0.344 e. The van der Waals surface area contributed by atoms with Gasteiger partial charge in [-0.05, 0) is 31.4 Å². The average molecular weight is 296 g/mol. The van der Waals surface area contributed by atoms with Crippen LogP contribution in [0, 0.1) is 10.1 Å². The van der Waals surface area contributed by atoms with Crippen LogP contribution in [0.5, 0.6) is 0 Å². The highest BCUT2D eigenvalue weighted by atomic mass is 32.2. The second-order valence-corrected chi connectivity index (χ2v) is 6.82. The van der Waals surface area contributed by atoms with Crippen LogP contribution in [-0.2, 0) is 9.84 Å². The van der Waals surface area contributed by atoms with Gasteiger partial charge in [0.2, 0.25) is 0 Å². The Morgan fingerprint density at radius 2 is 1.75 bits per heavy atom. The summed E-state index contributed by atoms with van der Waals surface area (Å²) in [5, 5.41) is 9.64. The highest BCUT2D eigenvalue weighted by Crippen LogP contribution is 2.43. The van der Waals surface area contributed by atoms with Gasteiger partial charge in [-0.3, -0.25) is 14.9 Å². The van der Waals surface area contributed by atoms with Gasteiger partial charge >= 0.3 is 5.24 Å². The highest BCUT2D eigenvalue weighted by Gasteiger charge is 2.56. The van der Waals surface area contributed by atoms with Crippen LogP contribution < -0.4 is 0 Å². The van der Waals surface area contributed by atoms with Crippen molar-refractivity contribution in [2.24, 2.45) is 0 Å². The Morgan fingerprint density at radius 3 is 2.25 bits per heavy atom. The molecule has 0 aromatic heterocycles. The molecule has 1 aromatic carbocycles. The third-order valence-electron chi connectivity index (χ3n) is 3.87. The van der Waals surface area contributed by atoms with E-state index in [1.807, 2.05) is 0 Å². The van der Waals surface area contributed by atoms with Gasteiger partial charge in [-0.1, -0.05) is 0 Å². The number of non-ortho nitro benzene ring substituents is 1. The number of nitro groups is 1. The number of nitrogens with zero attached hydrogens (tertiary/aromatic N) is 2. The van der Waals surface area contributed by atoms with Crippen LogP contribution in [0.25, 0.3) is 0 Å². The van der Waals surface area contributed by atoms with Crippen molar-refractivity contribution in [1.82, 2.24) is 4.90 Å². The van der Waals surface area contributed by atoms with Gasteiger partial charge < -0.3 is 4.90 Å². The predicted molar refractivity (Wildman–Crippen MR) is 68.9 cm³/mol. The van der Waals surface area contributed by atoms with E-state index in [-0.39, 0.29) is 22.7 Å². The molecule has 0 bridgehead atoms. The summed E-state index contributed by atoms with van der Waals surface area (Å²) >= 11 is 0. The molecule has 1 aromatic rings. The first-order chi connectivity index (χ1) is 9.43. The molecule has 0 spiro atoms. The van der Waals surface area contributed by atoms with Gasteiger partial charge in [-0.15, -0.1) is 0 Å². The lowest BCUT2D eigenvalue weighted by Gasteiger charge is -2.08. The number of benzene rings is 1. The Hall–Kier alpha value is -1.96. The minimum absolute atomic E-state index is 0.0651. The number of nitro benzene ring substituents is 1. The molecule has 7 nitrogen and oxygen atoms in total. The van der Waals surface area contributed by atoms with E-state index in [9.17, 15) is 23.3 Å². The molecule has 20 heavy (non-hydrogen) atoms. The number of likely N-dealkylation sites (tertiary alicyclic amines) is 1. The first kappa shape index (κ1) is 13.0. The van der Waals surface area contributed by atoms with Gasteiger partial charge in [0.05, 0.1) is 21.9 Å². The molecule has 2 atom stereocenters. The number of amides is 1. The number of piperidine rings is 1. The number of hydrogen-bond acceptors (Lipinski definition) is 5. The van der Waals surface area contributed by atoms with E-state index < -0.39 is 20.0 Å². The maximum Gasteiger partial charge on any atom is 0.344 e. The third kappa shape index (κ3) is 1.87. The molecule has 0 N–H and O–H groups in total. The smallest absolute Gasteiger partial charge is 0.319 e. The Kier molecular flexibility index (Phi) is 2.79. The normalized spacial score (nSPS) is 24.3. The van der Waals surface area contributed by atoms with Crippen molar-refractivity contribution in [3.05, 3.63) is 34.4 Å². The summed E-state index contributed by atoms with van der Waals surface area (Å²) in [6.45, 7) is 0. The summed E-state index contributed by atoms with van der Waals surface area (Å²) in [6, 6.07) is 4.51. The summed E-state index contributed by atoms with van der Waals surface area (Å²) in [4.78, 5) is 23.2. The van der Waals surface area contributed by atoms with Crippen LogP contribution >= 0.6 is 0 Å². The van der Waals surface area contributed by atoms with Crippen LogP contribution in [0.15, 0.2) is 29.2 Å². The van der Waals surface area contributed by atoms with Crippen molar-refractivity contribution in [1.29, 1.82) is 0 Å². The van der Waals surface area contributed by atoms with Crippen molar-refractivity contribution in [2.75, 3.05) is 0 Å². The summed E-state index contributed by atoms with van der Waals surface area (Å²) in [5.41, 5.74) is -0.208. The zero-order valence-corrected chi connectivity index (χ0v) is 11.2. The highest BCUT2D eigenvalue weighted by molar-refractivity contribution is 8.06. The lowest BCUT2D eigenvalue weighted by Crippen LogP contribution is -2.24. The second kappa shape index (κ2) is 4.27. The number of sulfone groups is 1. The molecular formula is C12H12N2O5S. The topological polar surface area (TPSA) is 97.4 Å². The number of rotatable bonds is 2. The van der Waals surface area contributed by atoms with Crippen molar-refractivity contribution in [3.8, 4) is 0 Å². The number of fused-ring (bicyclic) bond motifs is 1. The molecule has 1 aliphatic carbocycles. The molecule has 1 amide bonds. The van der Waals surface area contributed by atoms with Crippen LogP contribution in [0.3, 0.4) is 0 Å². The van der Waals surface area contributed by atoms with E-state index >= 15 is 0 Å². The molecule has 1 saturated heterocycles. The Labute approximate surface area is 115 Å². The van der Waals surface area contributed by atoms with Crippen molar-refractivity contribution >= 4 is 20.8 Å². The maximum absolute atomic E-state index is 12.2. The van der Waals surface area contributed by atoms with E-state index in [2.05, 4.69) is 0 Å². The van der Waals surface area contributed by atoms with Crippen LogP contribution in [0.2, 0.25) is 0 Å². The fourth-order valence-electron chi connectivity index (χ4n) is 2.79. The second-order valence-electron chi connectivity index (χ2n) is 4.99. The summed E-state index contributed by atoms with van der Waals surface area (Å²) in [5.74, 6) is 0. The monoisotopic (exact) mass is 296 g/mol. The molecule has 1 aliphatic heterocycles.